The smallest absolute Gasteiger partial charge is 0.170 e. The van der Waals surface area contributed by atoms with E-state index < -0.39 is 0 Å². The molecule has 2 N–H and O–H groups in total. The van der Waals surface area contributed by atoms with Crippen molar-refractivity contribution >= 4 is 27.9 Å². The monoisotopic (exact) mass is 276 g/mol. The van der Waals surface area contributed by atoms with Gasteiger partial charge in [0.1, 0.15) is 12.2 Å². The lowest BCUT2D eigenvalue weighted by molar-refractivity contribution is 0.980. The highest BCUT2D eigenvalue weighted by Crippen LogP contribution is 2.23. The molecule has 0 unspecified atom stereocenters. The number of fused-ring (bicyclic) bond motifs is 2. The second-order valence-electron chi connectivity index (χ2n) is 4.81. The first-order chi connectivity index (χ1) is 10.2. The zero-order valence-corrected chi connectivity index (χ0v) is 11.4. The number of rotatable bonds is 1. The Morgan fingerprint density at radius 3 is 2.86 bits per heavy atom. The van der Waals surface area contributed by atoms with E-state index in [1.807, 2.05) is 42.0 Å². The maximum atomic E-state index is 5.86. The first kappa shape index (κ1) is 11.8. The molecular weight excluding hydrogens is 264 g/mol. The first-order valence-electron chi connectivity index (χ1n) is 6.55. The highest BCUT2D eigenvalue weighted by Gasteiger charge is 2.13. The van der Waals surface area contributed by atoms with Gasteiger partial charge in [0.05, 0.1) is 17.4 Å². The Balaban J connectivity index is 2.04. The number of nitrogens with zero attached hydrogens (tertiary/aromatic N) is 5. The molecule has 6 nitrogen and oxygen atoms in total. The molecule has 0 amide bonds. The van der Waals surface area contributed by atoms with E-state index in [0.717, 1.165) is 22.4 Å². The van der Waals surface area contributed by atoms with E-state index in [4.69, 9.17) is 5.73 Å². The zero-order chi connectivity index (χ0) is 14.4. The maximum Gasteiger partial charge on any atom is 0.170 e. The van der Waals surface area contributed by atoms with Crippen molar-refractivity contribution in [2.75, 3.05) is 5.73 Å². The molecule has 102 valence electrons. The molecular formula is C15H12N6. The van der Waals surface area contributed by atoms with Gasteiger partial charge in [0, 0.05) is 5.39 Å². The third-order valence-electron chi connectivity index (χ3n) is 3.47. The lowest BCUT2D eigenvalue weighted by Crippen LogP contribution is -2.00. The predicted octanol–water partition coefficient (Wildman–Crippen LogP) is 2.25. The highest BCUT2D eigenvalue weighted by molar-refractivity contribution is 5.85. The molecule has 0 aliphatic rings. The molecule has 4 rings (SSSR count). The Hall–Kier alpha value is -3.02. The van der Waals surface area contributed by atoms with E-state index >= 15 is 0 Å². The molecule has 0 saturated carbocycles. The minimum Gasteiger partial charge on any atom is -0.382 e. The van der Waals surface area contributed by atoms with Gasteiger partial charge in [0.2, 0.25) is 0 Å². The Labute approximate surface area is 120 Å². The lowest BCUT2D eigenvalue weighted by Gasteiger charge is -2.07. The number of pyridine rings is 1. The summed E-state index contributed by atoms with van der Waals surface area (Å²) < 4.78 is 1.94. The number of benzene rings is 1. The first-order valence-corrected chi connectivity index (χ1v) is 6.55. The zero-order valence-electron chi connectivity index (χ0n) is 11.4. The van der Waals surface area contributed by atoms with Gasteiger partial charge < -0.3 is 5.73 Å². The van der Waals surface area contributed by atoms with Crippen LogP contribution in [0.4, 0.5) is 5.82 Å². The summed E-state index contributed by atoms with van der Waals surface area (Å²) in [5.74, 6) is 1.19. The van der Waals surface area contributed by atoms with Gasteiger partial charge in [-0.3, -0.25) is 9.55 Å². The molecule has 3 aromatic heterocycles. The lowest BCUT2D eigenvalue weighted by atomic mass is 10.2. The van der Waals surface area contributed by atoms with Crippen molar-refractivity contribution in [3.05, 3.63) is 48.7 Å². The van der Waals surface area contributed by atoms with Crippen molar-refractivity contribution in [1.82, 2.24) is 24.5 Å². The number of para-hydroxylation sites is 1. The van der Waals surface area contributed by atoms with Crippen LogP contribution in [0.1, 0.15) is 5.82 Å². The van der Waals surface area contributed by atoms with E-state index in [1.165, 1.54) is 6.33 Å². The topological polar surface area (TPSA) is 82.5 Å². The van der Waals surface area contributed by atoms with Crippen LogP contribution < -0.4 is 5.73 Å². The molecule has 0 fully saturated rings. The summed E-state index contributed by atoms with van der Waals surface area (Å²) in [5.41, 5.74) is 9.04. The Bertz CT molecular complexity index is 972. The van der Waals surface area contributed by atoms with Crippen LogP contribution in [0.5, 0.6) is 0 Å². The Kier molecular flexibility index (Phi) is 2.38. The Morgan fingerprint density at radius 1 is 1.10 bits per heavy atom. The van der Waals surface area contributed by atoms with Gasteiger partial charge in [0.25, 0.3) is 0 Å². The van der Waals surface area contributed by atoms with Gasteiger partial charge in [-0.05, 0) is 19.1 Å². The van der Waals surface area contributed by atoms with Gasteiger partial charge in [-0.2, -0.15) is 0 Å². The average molecular weight is 276 g/mol. The summed E-state index contributed by atoms with van der Waals surface area (Å²) >= 11 is 0. The quantitative estimate of drug-likeness (QED) is 0.576. The molecule has 0 aliphatic carbocycles. The third-order valence-corrected chi connectivity index (χ3v) is 3.47. The molecule has 1 aromatic carbocycles. The number of aryl methyl sites for hydroxylation is 1. The number of imidazole rings is 1. The molecule has 0 radical (unpaired) electrons. The van der Waals surface area contributed by atoms with E-state index in [1.54, 1.807) is 0 Å². The molecule has 21 heavy (non-hydrogen) atoms. The molecule has 6 heteroatoms. The molecule has 0 aliphatic heterocycles. The standard InChI is InChI=1S/C15H12N6/c1-9-20-13-14(16)18-8-19-15(13)21(9)11-6-10-4-2-3-5-12(10)17-7-11/h2-8H,1H3,(H2,16,18,19). The van der Waals surface area contributed by atoms with E-state index in [-0.39, 0.29) is 0 Å². The number of nitrogen functional groups attached to an aromatic ring is 1. The van der Waals surface area contributed by atoms with Crippen LogP contribution in [0, 0.1) is 6.92 Å². The number of nitrogens with two attached hydrogens (primary N) is 1. The van der Waals surface area contributed by atoms with Crippen molar-refractivity contribution in [2.24, 2.45) is 0 Å². The summed E-state index contributed by atoms with van der Waals surface area (Å²) in [5, 5.41) is 1.07. The van der Waals surface area contributed by atoms with Crippen molar-refractivity contribution in [3.8, 4) is 5.69 Å². The van der Waals surface area contributed by atoms with Crippen LogP contribution >= 0.6 is 0 Å². The molecule has 0 bridgehead atoms. The second-order valence-corrected chi connectivity index (χ2v) is 4.81. The largest absolute Gasteiger partial charge is 0.382 e. The van der Waals surface area contributed by atoms with E-state index in [9.17, 15) is 0 Å². The van der Waals surface area contributed by atoms with E-state index in [2.05, 4.69) is 26.0 Å². The van der Waals surface area contributed by atoms with Gasteiger partial charge in [-0.15, -0.1) is 0 Å². The third kappa shape index (κ3) is 1.73. The molecule has 3 heterocycles. The van der Waals surface area contributed by atoms with Gasteiger partial charge >= 0.3 is 0 Å². The minimum absolute atomic E-state index is 0.385. The van der Waals surface area contributed by atoms with Crippen LogP contribution in [0.15, 0.2) is 42.9 Å². The van der Waals surface area contributed by atoms with Crippen molar-refractivity contribution in [2.45, 2.75) is 6.92 Å². The Morgan fingerprint density at radius 2 is 1.95 bits per heavy atom. The van der Waals surface area contributed by atoms with Crippen LogP contribution in [0.2, 0.25) is 0 Å². The summed E-state index contributed by atoms with van der Waals surface area (Å²) in [4.78, 5) is 17.2. The summed E-state index contributed by atoms with van der Waals surface area (Å²) in [6.07, 6.45) is 3.26. The van der Waals surface area contributed by atoms with Gasteiger partial charge in [0.15, 0.2) is 17.0 Å². The molecule has 0 spiro atoms. The molecule has 0 atom stereocenters. The van der Waals surface area contributed by atoms with Crippen molar-refractivity contribution in [3.63, 3.8) is 0 Å². The van der Waals surface area contributed by atoms with Crippen molar-refractivity contribution < 1.29 is 0 Å². The average Bonchev–Trinajstić information content (AvgIpc) is 2.84. The number of anilines is 1. The van der Waals surface area contributed by atoms with Crippen LogP contribution in [-0.2, 0) is 0 Å². The fourth-order valence-corrected chi connectivity index (χ4v) is 2.51. The van der Waals surface area contributed by atoms with Crippen LogP contribution in [-0.4, -0.2) is 24.5 Å². The van der Waals surface area contributed by atoms with E-state index in [0.29, 0.717) is 17.0 Å². The SMILES string of the molecule is Cc1nc2c(N)ncnc2n1-c1cnc2ccccc2c1. The fraction of sp³-hybridized carbons (Fsp3) is 0.0667. The number of hydrogen-bond acceptors (Lipinski definition) is 5. The summed E-state index contributed by atoms with van der Waals surface area (Å²) in [6.45, 7) is 1.91. The molecule has 0 saturated heterocycles. The summed E-state index contributed by atoms with van der Waals surface area (Å²) in [6, 6.07) is 10.0. The van der Waals surface area contributed by atoms with Crippen molar-refractivity contribution in [1.29, 1.82) is 0 Å². The highest BCUT2D eigenvalue weighted by atomic mass is 15.2. The molecule has 4 aromatic rings. The van der Waals surface area contributed by atoms with Gasteiger partial charge in [-0.1, -0.05) is 18.2 Å². The fourth-order valence-electron chi connectivity index (χ4n) is 2.51. The minimum atomic E-state index is 0.385. The predicted molar refractivity (Wildman–Crippen MR) is 81.1 cm³/mol. The second kappa shape index (κ2) is 4.24. The normalized spacial score (nSPS) is 11.3. The van der Waals surface area contributed by atoms with Gasteiger partial charge in [-0.25, -0.2) is 15.0 Å². The maximum absolute atomic E-state index is 5.86. The number of aromatic nitrogens is 5. The summed E-state index contributed by atoms with van der Waals surface area (Å²) in [7, 11) is 0. The van der Waals surface area contributed by atoms with Crippen LogP contribution in [0.25, 0.3) is 27.8 Å². The van der Waals surface area contributed by atoms with Crippen LogP contribution in [0.3, 0.4) is 0 Å². The number of hydrogen-bond donors (Lipinski definition) is 1.